The zero-order valence-corrected chi connectivity index (χ0v) is 70.9. The number of benzene rings is 12. The van der Waals surface area contributed by atoms with Gasteiger partial charge in [-0.05, 0) is 43.1 Å². The third-order valence-electron chi connectivity index (χ3n) is 22.8. The molecule has 0 unspecified atom stereocenters. The van der Waals surface area contributed by atoms with Crippen molar-refractivity contribution in [1.29, 1.82) is 0 Å². The van der Waals surface area contributed by atoms with Gasteiger partial charge in [0, 0.05) is 89.7 Å². The summed E-state index contributed by atoms with van der Waals surface area (Å²) < 4.78 is 35.4. The second-order valence-corrected chi connectivity index (χ2v) is 33.9. The SMILES string of the molecule is [O]=[Sn]1[n]2c3c4ccccc4c2N=C2N=C(N=c4c5ccccc5c([n]41)=NC1=NC(=N3)c3ccccc31)c1ccccc12.[O]=[Ti+2].[O]=[V+2].c1ccc2c(c1)-c1nc-2nc2[n-]c(nc3nc(nc4[n-]c(n1)c1ccccc41)-c1ccccc1-3)c1ccccc21.c1ccc2c(c1)-c1nc-2nc2[n-]c(nc3nc(nc4[n-]c(n1)c1ccccc41)-c1ccccc1-3)c1ccccc21. The zero-order chi connectivity index (χ0) is 83.9. The maximum atomic E-state index is 15.3. The monoisotopic (exact) mass is 1800 g/mol. The molecular formula is C96H48N24O3SnTiV. The predicted molar refractivity (Wildman–Crippen MR) is 471 cm³/mol. The Bertz CT molecular complexity index is 7790. The van der Waals surface area contributed by atoms with Gasteiger partial charge in [0.05, 0.1) is 46.6 Å². The number of nitrogens with zero attached hydrogens (tertiary/aromatic N) is 24. The van der Waals surface area contributed by atoms with Gasteiger partial charge in [-0.15, -0.1) is 0 Å². The van der Waals surface area contributed by atoms with Crippen molar-refractivity contribution in [3.8, 4) is 91.1 Å². The van der Waals surface area contributed by atoms with Gasteiger partial charge in [-0.25, -0.2) is 19.9 Å². The molecule has 0 atom stereocenters. The molecule has 28 rings (SSSR count). The van der Waals surface area contributed by atoms with Crippen LogP contribution in [0.1, 0.15) is 22.3 Å². The average Bonchev–Trinajstić information content (AvgIpc) is 1.55. The Balaban J connectivity index is 0.000000104. The minimum Gasteiger partial charge on any atom is -0.357 e. The van der Waals surface area contributed by atoms with Gasteiger partial charge in [-0.2, -0.15) is 0 Å². The van der Waals surface area contributed by atoms with E-state index < -0.39 is 20.3 Å². The molecular weight excluding hydrogens is 1750 g/mol. The van der Waals surface area contributed by atoms with Crippen molar-refractivity contribution in [3.05, 3.63) is 324 Å². The molecule has 583 valence electrons. The molecule has 0 aliphatic carbocycles. The number of aromatic nitrogens is 18. The van der Waals surface area contributed by atoms with E-state index >= 15 is 3.08 Å². The van der Waals surface area contributed by atoms with Gasteiger partial charge >= 0.3 is 290 Å². The first-order valence-electron chi connectivity index (χ1n) is 39.7. The number of rotatable bonds is 0. The summed E-state index contributed by atoms with van der Waals surface area (Å²) in [6.45, 7) is 0. The van der Waals surface area contributed by atoms with Crippen LogP contribution in [0.2, 0.25) is 0 Å². The van der Waals surface area contributed by atoms with Gasteiger partial charge in [-0.3, -0.25) is 0 Å². The van der Waals surface area contributed by atoms with Crippen LogP contribution in [0.4, 0.5) is 11.6 Å². The van der Waals surface area contributed by atoms with E-state index in [-0.39, 0.29) is 0 Å². The minimum atomic E-state index is -4.23. The van der Waals surface area contributed by atoms with Crippen LogP contribution < -0.4 is 30.9 Å². The molecule has 8 aliphatic rings. The summed E-state index contributed by atoms with van der Waals surface area (Å²) in [5.74, 6) is 7.70. The normalized spacial score (nSPS) is 12.9. The summed E-state index contributed by atoms with van der Waals surface area (Å²) in [6, 6.07) is 95.4. The Morgan fingerprint density at radius 1 is 0.206 bits per heavy atom. The van der Waals surface area contributed by atoms with E-state index in [1.54, 1.807) is 0 Å². The molecule has 30 heteroatoms. The molecule has 12 aromatic carbocycles. The third-order valence-corrected chi connectivity index (χ3v) is 27.4. The fraction of sp³-hybridized carbons (Fsp3) is 0. The molecule has 16 heterocycles. The molecule has 0 saturated carbocycles. The zero-order valence-electron chi connectivity index (χ0n) is 65.1. The van der Waals surface area contributed by atoms with Gasteiger partial charge in [-0.1, -0.05) is 194 Å². The van der Waals surface area contributed by atoms with Crippen molar-refractivity contribution in [3.63, 3.8) is 0 Å². The topological polar surface area (TPSA) is 346 Å². The number of amidine groups is 4. The van der Waals surface area contributed by atoms with Crippen LogP contribution in [-0.2, 0) is 47.8 Å². The number of fused-ring (bicyclic) bond motifs is 54. The molecule has 8 aliphatic heterocycles. The summed E-state index contributed by atoms with van der Waals surface area (Å²) in [4.78, 5) is 109. The average molecular weight is 1800 g/mol. The Morgan fingerprint density at radius 2 is 0.381 bits per heavy atom. The molecule has 126 heavy (non-hydrogen) atoms. The third kappa shape index (κ3) is 11.8. The van der Waals surface area contributed by atoms with Gasteiger partial charge in [0.1, 0.15) is 0 Å². The van der Waals surface area contributed by atoms with Crippen molar-refractivity contribution < 1.29 is 47.8 Å². The summed E-state index contributed by atoms with van der Waals surface area (Å²) in [5.41, 5.74) is 16.2. The first-order valence-corrected chi connectivity index (χ1v) is 44.6. The molecule has 0 fully saturated rings. The molecule has 0 saturated heterocycles. The molecule has 0 N–H and O–H groups in total. The van der Waals surface area contributed by atoms with E-state index in [2.05, 4.69) is 0 Å². The largest absolute Gasteiger partial charge is 0.357 e. The summed E-state index contributed by atoms with van der Waals surface area (Å²) in [5, 5.41) is 10.5. The smallest absolute Gasteiger partial charge is 0.0927 e. The summed E-state index contributed by atoms with van der Waals surface area (Å²) >= 11 is -2.42. The van der Waals surface area contributed by atoms with Crippen LogP contribution >= 0.6 is 0 Å². The number of aliphatic imine (C=N–C) groups is 4. The van der Waals surface area contributed by atoms with Crippen molar-refractivity contribution in [2.24, 2.45) is 30.0 Å². The van der Waals surface area contributed by atoms with Crippen LogP contribution in [0.5, 0.6) is 0 Å². The molecule has 20 aromatic rings. The van der Waals surface area contributed by atoms with Crippen molar-refractivity contribution in [2.45, 2.75) is 0 Å². The van der Waals surface area contributed by atoms with Crippen LogP contribution in [-0.4, -0.2) is 109 Å². The second-order valence-electron chi connectivity index (χ2n) is 29.7. The van der Waals surface area contributed by atoms with Gasteiger partial charge < -0.3 is 59.8 Å². The van der Waals surface area contributed by atoms with Crippen molar-refractivity contribution in [2.75, 3.05) is 0 Å². The second kappa shape index (κ2) is 29.8. The molecule has 0 spiro atoms. The van der Waals surface area contributed by atoms with E-state index in [1.807, 2.05) is 297 Å². The van der Waals surface area contributed by atoms with Crippen molar-refractivity contribution >= 4 is 165 Å². The van der Waals surface area contributed by atoms with Crippen LogP contribution in [0, 0.1) is 0 Å². The Morgan fingerprint density at radius 3 is 0.595 bits per heavy atom. The minimum absolute atomic E-state index is 0.539. The Labute approximate surface area is 737 Å². The fourth-order valence-electron chi connectivity index (χ4n) is 17.2. The molecule has 0 amide bonds. The Hall–Kier alpha value is -15.8. The standard InChI is InChI=1S/3C32H16N8.3O.Sn.Ti.V/c3*1-2-10-18-17(9-1)25-33-26(18)38-28-21-13-5-6-14-22(21)30(35-28)40-32-24-16-8-7-15-23(24)31(36-32)39-29-20-12-4-3-11-19(20)27(34-29)37-25;;;;;;/h3*1-16H;;;;;;/q3*-2;;;;3*+2. The van der Waals surface area contributed by atoms with E-state index in [4.69, 9.17) is 117 Å². The van der Waals surface area contributed by atoms with E-state index in [0.29, 0.717) is 138 Å². The maximum absolute atomic E-state index is 15.3. The maximum Gasteiger partial charge on any atom is 0.0927 e. The van der Waals surface area contributed by atoms with Crippen LogP contribution in [0.3, 0.4) is 0 Å². The van der Waals surface area contributed by atoms with Gasteiger partial charge in [0.25, 0.3) is 0 Å². The quantitative estimate of drug-likeness (QED) is 0.127. The number of hydrogen-bond acceptors (Lipinski definition) is 21. The van der Waals surface area contributed by atoms with Crippen LogP contribution in [0.15, 0.2) is 321 Å². The first kappa shape index (κ1) is 74.1. The van der Waals surface area contributed by atoms with E-state index in [1.165, 1.54) is 0 Å². The predicted octanol–water partition coefficient (Wildman–Crippen LogP) is 16.4. The van der Waals surface area contributed by atoms with E-state index in [0.717, 1.165) is 169 Å². The summed E-state index contributed by atoms with van der Waals surface area (Å²) in [6.07, 6.45) is 0. The van der Waals surface area contributed by atoms with Crippen molar-refractivity contribution in [1.82, 2.24) is 85.3 Å². The van der Waals surface area contributed by atoms with Gasteiger partial charge in [0.2, 0.25) is 0 Å². The molecule has 8 aromatic heterocycles. The Kier molecular flexibility index (Phi) is 17.5. The molecule has 0 radical (unpaired) electrons. The van der Waals surface area contributed by atoms with E-state index in [9.17, 15) is 0 Å². The van der Waals surface area contributed by atoms with Gasteiger partial charge in [0.15, 0.2) is 0 Å². The first-order chi connectivity index (χ1) is 62.3. The molecule has 22 bridgehead atoms. The fourth-order valence-corrected chi connectivity index (χ4v) is 21.8. The van der Waals surface area contributed by atoms with Crippen LogP contribution in [0.25, 0.3) is 201 Å². The molecule has 27 nitrogen and oxygen atoms in total. The summed E-state index contributed by atoms with van der Waals surface area (Å²) in [7, 11) is 0. The number of hydrogen-bond donors (Lipinski definition) is 0.